The number of rotatable bonds is 8. The van der Waals surface area contributed by atoms with E-state index in [0.717, 1.165) is 12.1 Å². The summed E-state index contributed by atoms with van der Waals surface area (Å²) >= 11 is 0. The maximum absolute atomic E-state index is 13.1. The highest BCUT2D eigenvalue weighted by atomic mass is 32.2. The van der Waals surface area contributed by atoms with Gasteiger partial charge in [0.1, 0.15) is 17.3 Å². The average Bonchev–Trinajstić information content (AvgIpc) is 2.61. The van der Waals surface area contributed by atoms with Crippen LogP contribution in [0.2, 0.25) is 0 Å². The number of hydrogen-bond acceptors (Lipinski definition) is 5. The molecule has 9 heteroatoms. The monoisotopic (exact) mass is 382 g/mol. The molecule has 0 bridgehead atoms. The van der Waals surface area contributed by atoms with Crippen molar-refractivity contribution in [1.82, 2.24) is 10.3 Å². The zero-order chi connectivity index (χ0) is 19.2. The molecule has 0 aromatic heterocycles. The fourth-order valence-electron chi connectivity index (χ4n) is 1.95. The van der Waals surface area contributed by atoms with Gasteiger partial charge in [0, 0.05) is 0 Å². The first-order valence-corrected chi connectivity index (χ1v) is 9.27. The van der Waals surface area contributed by atoms with E-state index in [9.17, 15) is 17.6 Å². The molecular formula is C17H19FN2O5S. The highest BCUT2D eigenvalue weighted by Gasteiger charge is 2.19. The normalized spacial score (nSPS) is 12.3. The first-order chi connectivity index (χ1) is 12.3. The molecule has 0 saturated carbocycles. The summed E-state index contributed by atoms with van der Waals surface area (Å²) in [6.45, 7) is 3.86. The van der Waals surface area contributed by atoms with E-state index < -0.39 is 27.9 Å². The van der Waals surface area contributed by atoms with E-state index in [1.54, 1.807) is 24.3 Å². The van der Waals surface area contributed by atoms with Crippen LogP contribution in [0.1, 0.15) is 13.8 Å². The summed E-state index contributed by atoms with van der Waals surface area (Å²) in [6.07, 6.45) is -0.969. The van der Waals surface area contributed by atoms with E-state index >= 15 is 0 Å². The molecule has 1 amide bonds. The Kier molecular flexibility index (Phi) is 6.53. The lowest BCUT2D eigenvalue weighted by Gasteiger charge is -2.15. The second-order valence-corrected chi connectivity index (χ2v) is 6.90. The molecule has 0 saturated heterocycles. The fourth-order valence-corrected chi connectivity index (χ4v) is 2.83. The molecule has 2 N–H and O–H groups in total. The van der Waals surface area contributed by atoms with Crippen LogP contribution in [0, 0.1) is 5.82 Å². The van der Waals surface area contributed by atoms with E-state index in [0.29, 0.717) is 18.1 Å². The van der Waals surface area contributed by atoms with E-state index in [4.69, 9.17) is 9.47 Å². The topological polar surface area (TPSA) is 93.7 Å². The molecule has 0 spiro atoms. The molecule has 26 heavy (non-hydrogen) atoms. The van der Waals surface area contributed by atoms with Gasteiger partial charge in [0.15, 0.2) is 6.10 Å². The Morgan fingerprint density at radius 2 is 1.81 bits per heavy atom. The minimum absolute atomic E-state index is 0.308. The highest BCUT2D eigenvalue weighted by Crippen LogP contribution is 2.18. The number of benzene rings is 2. The molecule has 2 aromatic carbocycles. The van der Waals surface area contributed by atoms with Crippen LogP contribution >= 0.6 is 0 Å². The number of nitrogens with one attached hydrogen (secondary N) is 2. The van der Waals surface area contributed by atoms with E-state index in [1.807, 2.05) is 17.2 Å². The second-order valence-electron chi connectivity index (χ2n) is 5.22. The molecule has 0 fully saturated rings. The summed E-state index contributed by atoms with van der Waals surface area (Å²) in [6, 6.07) is 11.1. The van der Waals surface area contributed by atoms with E-state index in [-0.39, 0.29) is 4.90 Å². The van der Waals surface area contributed by atoms with Gasteiger partial charge in [-0.15, -0.1) is 4.83 Å². The van der Waals surface area contributed by atoms with Gasteiger partial charge in [-0.3, -0.25) is 10.2 Å². The number of carbonyl (C=O) groups excluding carboxylic acids is 1. The summed E-state index contributed by atoms with van der Waals surface area (Å²) in [5.41, 5.74) is 2.04. The van der Waals surface area contributed by atoms with Crippen molar-refractivity contribution in [2.75, 3.05) is 6.61 Å². The van der Waals surface area contributed by atoms with Crippen LogP contribution in [0.3, 0.4) is 0 Å². The van der Waals surface area contributed by atoms with Crippen molar-refractivity contribution in [2.24, 2.45) is 0 Å². The molecule has 0 aliphatic carbocycles. The fraction of sp³-hybridized carbons (Fsp3) is 0.235. The zero-order valence-electron chi connectivity index (χ0n) is 14.2. The predicted octanol–water partition coefficient (Wildman–Crippen LogP) is 2.00. The van der Waals surface area contributed by atoms with Crippen LogP contribution in [0.15, 0.2) is 53.4 Å². The third kappa shape index (κ3) is 5.43. The third-order valence-electron chi connectivity index (χ3n) is 3.23. The second kappa shape index (κ2) is 8.63. The van der Waals surface area contributed by atoms with Gasteiger partial charge in [-0.2, -0.15) is 0 Å². The number of sulfonamides is 1. The first-order valence-electron chi connectivity index (χ1n) is 7.78. The van der Waals surface area contributed by atoms with Crippen LogP contribution in [0.5, 0.6) is 11.5 Å². The van der Waals surface area contributed by atoms with Gasteiger partial charge in [0.05, 0.1) is 11.5 Å². The van der Waals surface area contributed by atoms with Gasteiger partial charge < -0.3 is 9.47 Å². The summed E-state index contributed by atoms with van der Waals surface area (Å²) in [7, 11) is -4.09. The average molecular weight is 382 g/mol. The maximum Gasteiger partial charge on any atom is 0.275 e. The van der Waals surface area contributed by atoms with Crippen LogP contribution in [0.25, 0.3) is 0 Å². The zero-order valence-corrected chi connectivity index (χ0v) is 15.0. The number of hydrogen-bond donors (Lipinski definition) is 2. The number of amides is 1. The van der Waals surface area contributed by atoms with Crippen LogP contribution < -0.4 is 19.7 Å². The smallest absolute Gasteiger partial charge is 0.275 e. The van der Waals surface area contributed by atoms with Gasteiger partial charge in [0.2, 0.25) is 0 Å². The van der Waals surface area contributed by atoms with Crippen LogP contribution in [-0.4, -0.2) is 27.0 Å². The molecule has 7 nitrogen and oxygen atoms in total. The molecule has 1 unspecified atom stereocenters. The number of halogens is 1. The Labute approximate surface area is 151 Å². The van der Waals surface area contributed by atoms with Crippen molar-refractivity contribution < 1.29 is 27.1 Å². The van der Waals surface area contributed by atoms with Crippen LogP contribution in [-0.2, 0) is 14.8 Å². The standard InChI is InChI=1S/C17H19FN2O5S/c1-3-24-14-7-9-15(10-8-14)25-12(2)17(21)19-20-26(22,23)16-6-4-5-13(18)11-16/h4-12,20H,3H2,1-2H3,(H,19,21). The summed E-state index contributed by atoms with van der Waals surface area (Å²) < 4.78 is 47.9. The molecular weight excluding hydrogens is 363 g/mol. The first kappa shape index (κ1) is 19.7. The Morgan fingerprint density at radius 3 is 2.42 bits per heavy atom. The van der Waals surface area contributed by atoms with Gasteiger partial charge in [0.25, 0.3) is 15.9 Å². The molecule has 1 atom stereocenters. The lowest BCUT2D eigenvalue weighted by atomic mass is 10.3. The third-order valence-corrected chi connectivity index (χ3v) is 4.48. The van der Waals surface area contributed by atoms with Crippen molar-refractivity contribution >= 4 is 15.9 Å². The lowest BCUT2D eigenvalue weighted by molar-refractivity contribution is -0.127. The Hall–Kier alpha value is -2.65. The number of carbonyl (C=O) groups is 1. The molecule has 0 aliphatic rings. The van der Waals surface area contributed by atoms with Crippen molar-refractivity contribution in [2.45, 2.75) is 24.8 Å². The lowest BCUT2D eigenvalue weighted by Crippen LogP contribution is -2.47. The largest absolute Gasteiger partial charge is 0.494 e. The quantitative estimate of drug-likeness (QED) is 0.681. The van der Waals surface area contributed by atoms with Gasteiger partial charge >= 0.3 is 0 Å². The van der Waals surface area contributed by atoms with Crippen LogP contribution in [0.4, 0.5) is 4.39 Å². The molecule has 2 aromatic rings. The van der Waals surface area contributed by atoms with Gasteiger partial charge in [-0.1, -0.05) is 6.07 Å². The summed E-state index contributed by atoms with van der Waals surface area (Å²) in [4.78, 5) is 13.6. The van der Waals surface area contributed by atoms with Gasteiger partial charge in [-0.25, -0.2) is 12.8 Å². The Balaban J connectivity index is 1.92. The summed E-state index contributed by atoms with van der Waals surface area (Å²) in [5.74, 6) is -0.325. The van der Waals surface area contributed by atoms with Crippen molar-refractivity contribution in [3.05, 3.63) is 54.3 Å². The number of hydrazine groups is 1. The van der Waals surface area contributed by atoms with Crippen molar-refractivity contribution in [3.8, 4) is 11.5 Å². The van der Waals surface area contributed by atoms with E-state index in [2.05, 4.69) is 0 Å². The van der Waals surface area contributed by atoms with Gasteiger partial charge in [-0.05, 0) is 56.3 Å². The summed E-state index contributed by atoms with van der Waals surface area (Å²) in [5, 5.41) is 0. The molecule has 140 valence electrons. The predicted molar refractivity (Wildman–Crippen MR) is 92.6 cm³/mol. The highest BCUT2D eigenvalue weighted by molar-refractivity contribution is 7.89. The van der Waals surface area contributed by atoms with Crippen molar-refractivity contribution in [1.29, 1.82) is 0 Å². The van der Waals surface area contributed by atoms with E-state index in [1.165, 1.54) is 19.1 Å². The molecule has 0 radical (unpaired) electrons. The molecule has 2 rings (SSSR count). The van der Waals surface area contributed by atoms with Crippen molar-refractivity contribution in [3.63, 3.8) is 0 Å². The molecule has 0 heterocycles. The molecule has 0 aliphatic heterocycles. The Bertz CT molecular complexity index is 856. The Morgan fingerprint density at radius 1 is 1.15 bits per heavy atom. The maximum atomic E-state index is 13.1. The SMILES string of the molecule is CCOc1ccc(OC(C)C(=O)NNS(=O)(=O)c2cccc(F)c2)cc1. The number of ether oxygens (including phenoxy) is 2. The minimum Gasteiger partial charge on any atom is -0.494 e. The minimum atomic E-state index is -4.09.